The quantitative estimate of drug-likeness (QED) is 0.0213. The van der Waals surface area contributed by atoms with E-state index in [4.69, 9.17) is 26.0 Å². The van der Waals surface area contributed by atoms with E-state index in [0.717, 1.165) is 38.5 Å². The number of nitrogens with one attached hydrogen (secondary N) is 6. The first-order valence-electron chi connectivity index (χ1n) is 16.4. The van der Waals surface area contributed by atoms with Gasteiger partial charge in [-0.15, -0.1) is 4.33 Å². The van der Waals surface area contributed by atoms with E-state index in [2.05, 4.69) is 115 Å². The molecule has 0 bridgehead atoms. The molecule has 440 valence electrons. The van der Waals surface area contributed by atoms with Crippen molar-refractivity contribution in [1.82, 2.24) is 31.9 Å². The number of hydrogen-bond acceptors (Lipinski definition) is 19. The molecule has 7 unspecified atom stereocenters. The first-order valence-corrected chi connectivity index (χ1v) is 18.2. The van der Waals surface area contributed by atoms with Crippen LogP contribution in [0.25, 0.3) is 0 Å². The average molecular weight is 1090 g/mol. The SMILES string of the molecule is C.C.C.C.C.C.CCCC1NCCC1NCCO.CCCC1NCCC1NCCO.CCCC1NCCC1NCCS.O.O.O.O.O.O.O.O.O.O.O.O.O.OOOP.OOOS.OOS. The molecule has 3 heterocycles. The van der Waals surface area contributed by atoms with Crippen LogP contribution >= 0.6 is 47.9 Å². The molecule has 0 aromatic carbocycles. The summed E-state index contributed by atoms with van der Waals surface area (Å²) in [7, 11) is 1.68. The number of thiol groups is 3. The fraction of sp³-hybridized carbons (Fsp3) is 1.00. The second-order valence-electron chi connectivity index (χ2n) is 10.7. The molecule has 3 rings (SSSR count). The molecule has 7 atom stereocenters. The Bertz CT molecular complexity index is 556. The lowest BCUT2D eigenvalue weighted by molar-refractivity contribution is -0.433. The van der Waals surface area contributed by atoms with Gasteiger partial charge in [-0.25, -0.2) is 15.8 Å². The lowest BCUT2D eigenvalue weighted by Gasteiger charge is -2.19. The van der Waals surface area contributed by atoms with Crippen molar-refractivity contribution in [2.24, 2.45) is 0 Å². The molecule has 29 nitrogen and oxygen atoms in total. The molecule has 33 heteroatoms. The van der Waals surface area contributed by atoms with Crippen molar-refractivity contribution in [3.05, 3.63) is 0 Å². The molecule has 0 saturated carbocycles. The highest BCUT2D eigenvalue weighted by Crippen LogP contribution is 2.13. The Morgan fingerprint density at radius 3 is 0.864 bits per heavy atom. The second kappa shape index (κ2) is 121. The minimum atomic E-state index is 0. The van der Waals surface area contributed by atoms with E-state index in [1.807, 2.05) is 0 Å². The molecule has 0 aromatic rings. The Hall–Kier alpha value is 0.320. The normalized spacial score (nSPS) is 17.3. The van der Waals surface area contributed by atoms with Crippen LogP contribution < -0.4 is 31.9 Å². The molecule has 0 aromatic heterocycles. The molecule has 0 amide bonds. The van der Waals surface area contributed by atoms with Crippen LogP contribution in [0.5, 0.6) is 0 Å². The van der Waals surface area contributed by atoms with Crippen LogP contribution in [0.4, 0.5) is 0 Å². The fourth-order valence-electron chi connectivity index (χ4n) is 5.63. The Balaban J connectivity index is -0.0000000175. The predicted molar refractivity (Wildman–Crippen MR) is 286 cm³/mol. The molecular formula is C33H117N6O23PS3. The van der Waals surface area contributed by atoms with Gasteiger partial charge in [0.25, 0.3) is 0 Å². The molecule has 0 aliphatic carbocycles. The van der Waals surface area contributed by atoms with Crippen molar-refractivity contribution in [3.8, 4) is 0 Å². The lowest BCUT2D eigenvalue weighted by Crippen LogP contribution is -2.41. The van der Waals surface area contributed by atoms with Crippen molar-refractivity contribution >= 4 is 47.9 Å². The second-order valence-corrected chi connectivity index (χ2v) is 11.6. The largest absolute Gasteiger partial charge is 0.412 e. The minimum Gasteiger partial charge on any atom is -0.412 e. The highest BCUT2D eigenvalue weighted by atomic mass is 32.1. The zero-order valence-corrected chi connectivity index (χ0v) is 38.7. The van der Waals surface area contributed by atoms with Gasteiger partial charge in [0, 0.05) is 96.9 Å². The number of aliphatic hydroxyl groups is 2. The summed E-state index contributed by atoms with van der Waals surface area (Å²) < 4.78 is 9.75. The Morgan fingerprint density at radius 1 is 0.500 bits per heavy atom. The Morgan fingerprint density at radius 2 is 0.712 bits per heavy atom. The summed E-state index contributed by atoms with van der Waals surface area (Å²) in [6.07, 6.45) is 11.2. The third-order valence-electron chi connectivity index (χ3n) is 7.47. The first kappa shape index (κ1) is 144. The Labute approximate surface area is 416 Å². The summed E-state index contributed by atoms with van der Waals surface area (Å²) in [6.45, 7) is 13.1. The summed E-state index contributed by atoms with van der Waals surface area (Å²) in [6, 6.07) is 3.81. The van der Waals surface area contributed by atoms with Gasteiger partial charge >= 0.3 is 0 Å². The maximum absolute atomic E-state index is 8.66. The average Bonchev–Trinajstić information content (AvgIpc) is 3.85. The Kier molecular flexibility index (Phi) is 263. The zero-order chi connectivity index (χ0) is 36.0. The van der Waals surface area contributed by atoms with Crippen LogP contribution in [0.3, 0.4) is 0 Å². The third kappa shape index (κ3) is 90.7. The van der Waals surface area contributed by atoms with Gasteiger partial charge in [0.15, 0.2) is 0 Å². The molecule has 3 saturated heterocycles. The predicted octanol–water partition coefficient (Wildman–Crippen LogP) is -4.90. The maximum Gasteiger partial charge on any atom is 0.0556 e. The van der Waals surface area contributed by atoms with Crippen molar-refractivity contribution in [2.45, 2.75) is 159 Å². The monoisotopic (exact) mass is 1090 g/mol. The van der Waals surface area contributed by atoms with Crippen LogP contribution in [0, 0.1) is 0 Å². The van der Waals surface area contributed by atoms with Crippen LogP contribution in [-0.4, -0.2) is 192 Å². The summed E-state index contributed by atoms with van der Waals surface area (Å²) in [5, 5.41) is 65.1. The smallest absolute Gasteiger partial charge is 0.0556 e. The van der Waals surface area contributed by atoms with Crippen LogP contribution in [-0.2, 0) is 23.4 Å². The molecular weight excluding hydrogens is 976 g/mol. The van der Waals surface area contributed by atoms with Gasteiger partial charge < -0.3 is 113 Å². The van der Waals surface area contributed by atoms with E-state index >= 15 is 0 Å². The number of rotatable bonds is 17. The standard InChI is InChI=1S/2C9H20N2O.C9H20N2S.6CH4.H3O3P.H2O3S.H2O2S.13H2O/c3*1-2-3-8-9(4-5-10-8)11-6-7-12;;;;;;;2*1-2-3-4;1-2-3;;;;;;;;;;;;;/h3*8-12H,2-7H2,1H3;6*1H4;1H,4H2;1,4H;1,3H;13*1H2. The van der Waals surface area contributed by atoms with Gasteiger partial charge in [0.1, 0.15) is 0 Å². The summed E-state index contributed by atoms with van der Waals surface area (Å²) in [5.74, 6) is 0.940. The molecule has 66 heavy (non-hydrogen) atoms. The number of aliphatic hydroxyl groups excluding tert-OH is 2. The van der Waals surface area contributed by atoms with E-state index in [1.54, 1.807) is 9.47 Å². The lowest BCUT2D eigenvalue weighted by atomic mass is 10.1. The molecule has 3 fully saturated rings. The van der Waals surface area contributed by atoms with Crippen LogP contribution in [0.15, 0.2) is 0 Å². The fourth-order valence-corrected chi connectivity index (χ4v) is 5.76. The van der Waals surface area contributed by atoms with Gasteiger partial charge in [-0.3, -0.25) is 0 Å². The van der Waals surface area contributed by atoms with Gasteiger partial charge in [-0.05, 0) is 58.2 Å². The molecule has 3 aliphatic heterocycles. The van der Waals surface area contributed by atoms with Gasteiger partial charge in [0.2, 0.25) is 0 Å². The van der Waals surface area contributed by atoms with Crippen molar-refractivity contribution in [3.63, 3.8) is 0 Å². The number of hydrogen-bond donors (Lipinski definition) is 14. The molecule has 0 radical (unpaired) electrons. The van der Waals surface area contributed by atoms with Crippen molar-refractivity contribution in [1.29, 1.82) is 0 Å². The van der Waals surface area contributed by atoms with E-state index < -0.39 is 0 Å². The zero-order valence-electron chi connectivity index (χ0n) is 34.9. The first-order chi connectivity index (χ1) is 22.9. The van der Waals surface area contributed by atoms with Crippen LogP contribution in [0.2, 0.25) is 0 Å². The highest BCUT2D eigenvalue weighted by Gasteiger charge is 2.26. The third-order valence-corrected chi connectivity index (χ3v) is 7.85. The highest BCUT2D eigenvalue weighted by molar-refractivity contribution is 7.80. The van der Waals surface area contributed by atoms with Gasteiger partial charge in [-0.2, -0.15) is 21.6 Å². The van der Waals surface area contributed by atoms with Crippen molar-refractivity contribution < 1.29 is 121 Å². The van der Waals surface area contributed by atoms with Crippen LogP contribution in [0.1, 0.15) is 123 Å². The van der Waals surface area contributed by atoms with E-state index in [9.17, 15) is 0 Å². The maximum atomic E-state index is 8.66. The molecule has 37 N–H and O–H groups in total. The van der Waals surface area contributed by atoms with Gasteiger partial charge in [0.05, 0.1) is 13.2 Å². The summed E-state index contributed by atoms with van der Waals surface area (Å²) >= 11 is 9.98. The molecule has 0 spiro atoms. The van der Waals surface area contributed by atoms with E-state index in [-0.39, 0.29) is 129 Å². The minimum absolute atomic E-state index is 0. The van der Waals surface area contributed by atoms with Crippen molar-refractivity contribution in [2.75, 3.05) is 58.2 Å². The van der Waals surface area contributed by atoms with E-state index in [0.29, 0.717) is 36.3 Å². The van der Waals surface area contributed by atoms with Gasteiger partial charge in [-0.1, -0.05) is 94.7 Å². The summed E-state index contributed by atoms with van der Waals surface area (Å²) in [4.78, 5) is 0. The topological polar surface area (TPSA) is 629 Å². The van der Waals surface area contributed by atoms with E-state index in [1.165, 1.54) is 64.3 Å². The molecule has 3 aliphatic rings. The summed E-state index contributed by atoms with van der Waals surface area (Å²) in [5.41, 5.74) is 0.